The first-order valence-electron chi connectivity index (χ1n) is 13.2. The van der Waals surface area contributed by atoms with Crippen LogP contribution < -0.4 is 4.74 Å². The van der Waals surface area contributed by atoms with Gasteiger partial charge in [-0.1, -0.05) is 33.8 Å². The van der Waals surface area contributed by atoms with Crippen LogP contribution in [0.15, 0.2) is 55.6 Å². The zero-order chi connectivity index (χ0) is 28.5. The van der Waals surface area contributed by atoms with Crippen molar-refractivity contribution in [2.24, 2.45) is 5.92 Å². The van der Waals surface area contributed by atoms with Gasteiger partial charge in [0.15, 0.2) is 0 Å². The number of hydrogen-bond acceptors (Lipinski definition) is 4. The second-order valence-corrected chi connectivity index (χ2v) is 14.5. The Hall–Kier alpha value is -2.22. The van der Waals surface area contributed by atoms with Gasteiger partial charge in [-0.25, -0.2) is 0 Å². The van der Waals surface area contributed by atoms with E-state index in [1.54, 1.807) is 18.2 Å². The van der Waals surface area contributed by atoms with E-state index in [9.17, 15) is 14.9 Å². The summed E-state index contributed by atoms with van der Waals surface area (Å²) in [5.41, 5.74) is 3.19. The first-order valence-corrected chi connectivity index (χ1v) is 18.6. The molecule has 0 atom stereocenters. The summed E-state index contributed by atoms with van der Waals surface area (Å²) in [5, 5.41) is 10.5. The van der Waals surface area contributed by atoms with Gasteiger partial charge in [0.25, 0.3) is 5.69 Å². The summed E-state index contributed by atoms with van der Waals surface area (Å²) < 4.78 is 6.40. The van der Waals surface area contributed by atoms with Gasteiger partial charge in [0, 0.05) is 12.1 Å². The SMILES string of the molecule is C=C.CC.CCC1CCC(Oc2ccc(C(=O)I(C)C)cc2)CC1.Cc1ccc([N+](=O)[O-])cc1C(C)C. The van der Waals surface area contributed by atoms with Crippen LogP contribution in [0.25, 0.3) is 0 Å². The van der Waals surface area contributed by atoms with E-state index in [2.05, 4.69) is 29.9 Å². The third-order valence-electron chi connectivity index (χ3n) is 6.19. The zero-order valence-corrected chi connectivity index (χ0v) is 26.3. The molecule has 2 aromatic carbocycles. The largest absolute Gasteiger partial charge is 0.269 e. The van der Waals surface area contributed by atoms with Crippen LogP contribution in [0.2, 0.25) is 0 Å². The van der Waals surface area contributed by atoms with Crippen LogP contribution in [0.3, 0.4) is 0 Å². The Morgan fingerprint density at radius 2 is 1.59 bits per heavy atom. The first kappa shape index (κ1) is 34.8. The number of rotatable bonds is 7. The predicted octanol–water partition coefficient (Wildman–Crippen LogP) is 9.80. The van der Waals surface area contributed by atoms with E-state index in [-0.39, 0.29) is 10.6 Å². The van der Waals surface area contributed by atoms with Crippen LogP contribution in [-0.2, 0) is 0 Å². The summed E-state index contributed by atoms with van der Waals surface area (Å²) in [6.45, 7) is 18.3. The molecule has 1 saturated carbocycles. The van der Waals surface area contributed by atoms with E-state index in [1.165, 1.54) is 32.1 Å². The number of nitrogens with zero attached hydrogens (tertiary/aromatic N) is 1. The van der Waals surface area contributed by atoms with E-state index in [0.717, 1.165) is 28.4 Å². The molecular formula is C31H48INO4. The van der Waals surface area contributed by atoms with Crippen molar-refractivity contribution in [2.45, 2.75) is 85.7 Å². The van der Waals surface area contributed by atoms with Gasteiger partial charge < -0.3 is 0 Å². The maximum absolute atomic E-state index is 11.9. The Balaban J connectivity index is 0.000000660. The van der Waals surface area contributed by atoms with Crippen molar-refractivity contribution >= 4 is 29.3 Å². The average Bonchev–Trinajstić information content (AvgIpc) is 2.91. The molecule has 1 aliphatic rings. The summed E-state index contributed by atoms with van der Waals surface area (Å²) in [5.74, 6) is 2.14. The Morgan fingerprint density at radius 1 is 1.05 bits per heavy atom. The molecule has 1 aliphatic carbocycles. The number of carbonyl (C=O) groups excluding carboxylic acids is 1. The second-order valence-electron chi connectivity index (χ2n) is 9.18. The number of halogens is 1. The van der Waals surface area contributed by atoms with E-state index >= 15 is 0 Å². The van der Waals surface area contributed by atoms with E-state index in [0.29, 0.717) is 15.8 Å². The molecule has 0 spiro atoms. The van der Waals surface area contributed by atoms with Gasteiger partial charge in [-0.2, -0.15) is 0 Å². The van der Waals surface area contributed by atoms with Crippen molar-refractivity contribution in [2.75, 3.05) is 9.86 Å². The molecule has 6 heteroatoms. The van der Waals surface area contributed by atoms with Gasteiger partial charge in [-0.15, -0.1) is 13.2 Å². The molecule has 2 aromatic rings. The Morgan fingerprint density at radius 3 is 2.03 bits per heavy atom. The predicted molar refractivity (Wildman–Crippen MR) is 168 cm³/mol. The van der Waals surface area contributed by atoms with Crippen LogP contribution in [0.4, 0.5) is 5.69 Å². The van der Waals surface area contributed by atoms with Crippen LogP contribution >= 0.6 is 19.8 Å². The van der Waals surface area contributed by atoms with Crippen molar-refractivity contribution in [3.63, 3.8) is 0 Å². The molecule has 0 bridgehead atoms. The summed E-state index contributed by atoms with van der Waals surface area (Å²) >= 11 is -1.40. The molecule has 3 rings (SSSR count). The topological polar surface area (TPSA) is 69.4 Å². The minimum Gasteiger partial charge on any atom is -0.258 e. The fourth-order valence-electron chi connectivity index (χ4n) is 4.10. The number of non-ortho nitro benzene ring substituents is 1. The van der Waals surface area contributed by atoms with Crippen molar-refractivity contribution in [3.05, 3.63) is 82.4 Å². The minimum absolute atomic E-state index is 0.175. The van der Waals surface area contributed by atoms with Crippen molar-refractivity contribution in [1.29, 1.82) is 0 Å². The van der Waals surface area contributed by atoms with Crippen LogP contribution in [0, 0.1) is 23.0 Å². The van der Waals surface area contributed by atoms with Crippen LogP contribution in [0.1, 0.15) is 94.1 Å². The summed E-state index contributed by atoms with van der Waals surface area (Å²) in [6, 6.07) is 12.8. The smallest absolute Gasteiger partial charge is 0.258 e. The molecule has 0 aromatic heterocycles. The minimum atomic E-state index is -1.40. The molecule has 0 heterocycles. The summed E-state index contributed by atoms with van der Waals surface area (Å²) in [6.07, 6.45) is 6.57. The van der Waals surface area contributed by atoms with E-state index in [1.807, 2.05) is 58.9 Å². The first-order chi connectivity index (χ1) is 17.6. The van der Waals surface area contributed by atoms with Gasteiger partial charge in [-0.05, 0) is 24.0 Å². The second kappa shape index (κ2) is 18.9. The van der Waals surface area contributed by atoms with Crippen molar-refractivity contribution < 1.29 is 14.5 Å². The van der Waals surface area contributed by atoms with Crippen LogP contribution in [0.5, 0.6) is 5.75 Å². The number of nitro benzene ring substituents is 1. The molecular weight excluding hydrogens is 577 g/mol. The molecule has 37 heavy (non-hydrogen) atoms. The van der Waals surface area contributed by atoms with Gasteiger partial charge in [0.05, 0.1) is 4.92 Å². The molecule has 0 aliphatic heterocycles. The molecule has 0 radical (unpaired) electrons. The van der Waals surface area contributed by atoms with Crippen molar-refractivity contribution in [3.8, 4) is 5.75 Å². The molecule has 0 N–H and O–H groups in total. The van der Waals surface area contributed by atoms with Crippen LogP contribution in [-0.4, -0.2) is 24.7 Å². The number of ether oxygens (including phenoxy) is 1. The maximum atomic E-state index is 11.9. The number of benzene rings is 2. The number of nitro groups is 1. The monoisotopic (exact) mass is 625 g/mol. The Kier molecular flexibility index (Phi) is 17.8. The third-order valence-corrected chi connectivity index (χ3v) is 8.78. The molecule has 0 unspecified atom stereocenters. The van der Waals surface area contributed by atoms with E-state index in [4.69, 9.17) is 4.74 Å². The van der Waals surface area contributed by atoms with Gasteiger partial charge in [0.1, 0.15) is 0 Å². The fraction of sp³-hybridized carbons (Fsp3) is 0.516. The van der Waals surface area contributed by atoms with Crippen molar-refractivity contribution in [1.82, 2.24) is 0 Å². The fourth-order valence-corrected chi connectivity index (χ4v) is 5.70. The van der Waals surface area contributed by atoms with Gasteiger partial charge in [0.2, 0.25) is 0 Å². The molecule has 208 valence electrons. The summed E-state index contributed by atoms with van der Waals surface area (Å²) in [4.78, 5) is 26.3. The zero-order valence-electron chi connectivity index (χ0n) is 24.2. The maximum Gasteiger partial charge on any atom is 0.269 e. The third kappa shape index (κ3) is 12.2. The summed E-state index contributed by atoms with van der Waals surface area (Å²) in [7, 11) is 0. The number of carbonyl (C=O) groups is 1. The molecule has 0 saturated heterocycles. The van der Waals surface area contributed by atoms with Gasteiger partial charge in [-0.3, -0.25) is 10.1 Å². The average molecular weight is 626 g/mol. The standard InChI is InChI=1S/C17H25IO2.C10H13NO2.C2H6.C2H4/c1-4-13-5-9-15(10-6-13)20-16-11-7-14(8-12-16)17(19)18(2)3;1-7(2)10-6-9(11(12)13)5-4-8(10)3;2*1-2/h7-8,11-13,15H,4-6,9-10H2,1-3H3;4-7H,1-3H3;1-2H3;1-2H2. The van der Waals surface area contributed by atoms with Gasteiger partial charge >= 0.3 is 130 Å². The quantitative estimate of drug-likeness (QED) is 0.0767. The Labute approximate surface area is 232 Å². The normalized spacial score (nSPS) is 16.5. The molecule has 1 fully saturated rings. The molecule has 5 nitrogen and oxygen atoms in total. The number of hydrogen-bond donors (Lipinski definition) is 0. The Bertz CT molecular complexity index is 933. The van der Waals surface area contributed by atoms with E-state index < -0.39 is 19.8 Å². The molecule has 0 amide bonds. The number of alkyl halides is 2. The number of aryl methyl sites for hydroxylation is 1.